The minimum atomic E-state index is -0.432. The lowest BCUT2D eigenvalue weighted by atomic mass is 10.2. The van der Waals surface area contributed by atoms with Crippen LogP contribution in [0.15, 0.2) is 66.4 Å². The molecule has 0 saturated heterocycles. The van der Waals surface area contributed by atoms with Crippen molar-refractivity contribution in [3.05, 3.63) is 77.2 Å². The monoisotopic (exact) mass is 298 g/mol. The van der Waals surface area contributed by atoms with Crippen LogP contribution < -0.4 is 14.9 Å². The van der Waals surface area contributed by atoms with Crippen molar-refractivity contribution in [3.63, 3.8) is 0 Å². The maximum atomic E-state index is 11.1. The summed E-state index contributed by atoms with van der Waals surface area (Å²) in [6, 6.07) is 7.23. The number of pyridine rings is 2. The predicted octanol–water partition coefficient (Wildman–Crippen LogP) is 0.883. The molecule has 0 aliphatic rings. The molecule has 0 aromatic carbocycles. The molecule has 6 heteroatoms. The number of nitrogens with zero attached hydrogens (tertiary/aromatic N) is 3. The first kappa shape index (κ1) is 15.5. The zero-order valence-electron chi connectivity index (χ0n) is 12.1. The third-order valence-corrected chi connectivity index (χ3v) is 3.15. The molecule has 6 nitrogen and oxygen atoms in total. The molecule has 112 valence electrons. The van der Waals surface area contributed by atoms with E-state index in [1.165, 1.54) is 0 Å². The molecule has 22 heavy (non-hydrogen) atoms. The van der Waals surface area contributed by atoms with E-state index in [9.17, 15) is 9.70 Å². The first-order valence-electron chi connectivity index (χ1n) is 6.90. The summed E-state index contributed by atoms with van der Waals surface area (Å²) >= 11 is 0. The summed E-state index contributed by atoms with van der Waals surface area (Å²) in [6.07, 6.45) is 11.5. The highest BCUT2D eigenvalue weighted by Crippen LogP contribution is 1.96. The normalized spacial score (nSPS) is 10.7. The molecule has 2 aromatic heterocycles. The van der Waals surface area contributed by atoms with E-state index in [1.807, 2.05) is 52.0 Å². The maximum Gasteiger partial charge on any atom is 0.254 e. The Bertz CT molecular complexity index is 681. The number of carbonyl (C=O) groups is 1. The Hall–Kier alpha value is -2.89. The van der Waals surface area contributed by atoms with E-state index >= 15 is 0 Å². The molecule has 0 bridgehead atoms. The number of carbonyl (C=O) groups excluding carboxylic acids is 1. The maximum absolute atomic E-state index is 11.1. The number of primary amides is 1. The van der Waals surface area contributed by atoms with Gasteiger partial charge in [0, 0.05) is 18.2 Å². The molecule has 2 N–H and O–H groups in total. The second kappa shape index (κ2) is 7.78. The molecule has 0 aliphatic heterocycles. The Morgan fingerprint density at radius 3 is 2.41 bits per heavy atom. The summed E-state index contributed by atoms with van der Waals surface area (Å²) < 4.78 is 3.88. The lowest BCUT2D eigenvalue weighted by Crippen LogP contribution is -2.34. The average molecular weight is 298 g/mol. The summed E-state index contributed by atoms with van der Waals surface area (Å²) in [5, 5.41) is 2.86. The first-order chi connectivity index (χ1) is 10.7. The van der Waals surface area contributed by atoms with Crippen molar-refractivity contribution in [1.29, 1.82) is 0 Å². The Labute approximate surface area is 128 Å². The standard InChI is InChI=1S/C16H17N4O2/c17-16(21)15-4-3-9-20(13-15)8-2-1-7-19-10-5-14(6-11-19)12-18-22/h1-6,9-11,13H,7-8,12H2,(H-,17,21)/q+1/p+1. The van der Waals surface area contributed by atoms with Crippen LogP contribution in [-0.2, 0) is 19.6 Å². The molecule has 2 heterocycles. The van der Waals surface area contributed by atoms with Crippen molar-refractivity contribution in [2.75, 3.05) is 0 Å². The van der Waals surface area contributed by atoms with Crippen LogP contribution in [0.25, 0.3) is 0 Å². The van der Waals surface area contributed by atoms with Gasteiger partial charge in [-0.25, -0.2) is 9.13 Å². The van der Waals surface area contributed by atoms with Crippen LogP contribution >= 0.6 is 0 Å². The van der Waals surface area contributed by atoms with E-state index in [0.29, 0.717) is 12.1 Å². The molecule has 0 saturated carbocycles. The molecule has 0 radical (unpaired) electrons. The smallest absolute Gasteiger partial charge is 0.254 e. The van der Waals surface area contributed by atoms with Gasteiger partial charge in [0.1, 0.15) is 12.1 Å². The van der Waals surface area contributed by atoms with Gasteiger partial charge in [-0.2, -0.15) is 4.91 Å². The lowest BCUT2D eigenvalue weighted by Gasteiger charge is -1.95. The van der Waals surface area contributed by atoms with E-state index in [2.05, 4.69) is 5.18 Å². The van der Waals surface area contributed by atoms with Crippen LogP contribution in [0.4, 0.5) is 0 Å². The number of nitrogens with two attached hydrogens (primary N) is 1. The van der Waals surface area contributed by atoms with Gasteiger partial charge in [0.25, 0.3) is 5.91 Å². The highest BCUT2D eigenvalue weighted by molar-refractivity contribution is 5.92. The molecule has 2 aromatic rings. The number of rotatable bonds is 7. The summed E-state index contributed by atoms with van der Waals surface area (Å²) in [5.41, 5.74) is 6.64. The summed E-state index contributed by atoms with van der Waals surface area (Å²) in [7, 11) is 0. The van der Waals surface area contributed by atoms with E-state index in [0.717, 1.165) is 12.1 Å². The fraction of sp³-hybridized carbons (Fsp3) is 0.188. The number of amides is 1. The first-order valence-corrected chi connectivity index (χ1v) is 6.90. The van der Waals surface area contributed by atoms with Crippen LogP contribution in [-0.4, -0.2) is 5.91 Å². The Balaban J connectivity index is 1.88. The molecular weight excluding hydrogens is 280 g/mol. The van der Waals surface area contributed by atoms with Crippen molar-refractivity contribution in [2.24, 2.45) is 10.9 Å². The van der Waals surface area contributed by atoms with Gasteiger partial charge in [0.2, 0.25) is 0 Å². The van der Waals surface area contributed by atoms with E-state index in [-0.39, 0.29) is 6.54 Å². The van der Waals surface area contributed by atoms with Crippen LogP contribution in [0.1, 0.15) is 15.9 Å². The van der Waals surface area contributed by atoms with Gasteiger partial charge >= 0.3 is 0 Å². The highest BCUT2D eigenvalue weighted by atomic mass is 16.3. The van der Waals surface area contributed by atoms with Crippen LogP contribution in [0, 0.1) is 4.91 Å². The van der Waals surface area contributed by atoms with Crippen LogP contribution in [0.5, 0.6) is 0 Å². The molecular formula is C16H18N4O2+2. The number of allylic oxidation sites excluding steroid dienone is 2. The molecule has 0 fully saturated rings. The lowest BCUT2D eigenvalue weighted by molar-refractivity contribution is -0.691. The molecule has 0 atom stereocenters. The minimum Gasteiger partial charge on any atom is -0.365 e. The van der Waals surface area contributed by atoms with E-state index in [4.69, 9.17) is 5.73 Å². The zero-order valence-corrected chi connectivity index (χ0v) is 12.1. The SMILES string of the molecule is NC(=O)c1ccc[n+](CC=CC[n+]2ccc(CN=O)cc2)c1. The van der Waals surface area contributed by atoms with Gasteiger partial charge < -0.3 is 5.73 Å². The average Bonchev–Trinajstić information content (AvgIpc) is 2.54. The number of hydrogen-bond acceptors (Lipinski definition) is 3. The topological polar surface area (TPSA) is 80.3 Å². The minimum absolute atomic E-state index is 0.198. The van der Waals surface area contributed by atoms with Gasteiger partial charge in [0.15, 0.2) is 37.9 Å². The van der Waals surface area contributed by atoms with E-state index in [1.54, 1.807) is 18.3 Å². The summed E-state index contributed by atoms with van der Waals surface area (Å²) in [4.78, 5) is 21.3. The van der Waals surface area contributed by atoms with Gasteiger partial charge in [0.05, 0.1) is 0 Å². The van der Waals surface area contributed by atoms with Crippen molar-refractivity contribution >= 4 is 5.91 Å². The predicted molar refractivity (Wildman–Crippen MR) is 80.4 cm³/mol. The Morgan fingerprint density at radius 2 is 1.77 bits per heavy atom. The second-order valence-corrected chi connectivity index (χ2v) is 4.82. The van der Waals surface area contributed by atoms with Crippen molar-refractivity contribution in [2.45, 2.75) is 19.6 Å². The largest absolute Gasteiger partial charge is 0.365 e. The molecule has 0 unspecified atom stereocenters. The number of nitroso groups, excluding NO2 is 1. The molecule has 1 amide bonds. The van der Waals surface area contributed by atoms with Gasteiger partial charge in [-0.3, -0.25) is 4.79 Å². The zero-order chi connectivity index (χ0) is 15.8. The number of hydrogen-bond donors (Lipinski definition) is 1. The van der Waals surface area contributed by atoms with Crippen molar-refractivity contribution in [3.8, 4) is 0 Å². The molecule has 2 rings (SSSR count). The summed E-state index contributed by atoms with van der Waals surface area (Å²) in [5.74, 6) is -0.432. The van der Waals surface area contributed by atoms with Crippen LogP contribution in [0.2, 0.25) is 0 Å². The van der Waals surface area contributed by atoms with Crippen molar-refractivity contribution < 1.29 is 13.9 Å². The quantitative estimate of drug-likeness (QED) is 0.468. The van der Waals surface area contributed by atoms with Gasteiger partial charge in [-0.1, -0.05) is 5.18 Å². The third kappa shape index (κ3) is 4.59. The summed E-state index contributed by atoms with van der Waals surface area (Å²) in [6.45, 7) is 1.59. The Kier molecular flexibility index (Phi) is 5.48. The van der Waals surface area contributed by atoms with Gasteiger partial charge in [-0.05, 0) is 23.8 Å². The fourth-order valence-electron chi connectivity index (χ4n) is 1.96. The Morgan fingerprint density at radius 1 is 1.09 bits per heavy atom. The number of aromatic nitrogens is 2. The molecule has 0 aliphatic carbocycles. The van der Waals surface area contributed by atoms with E-state index < -0.39 is 5.91 Å². The molecule has 0 spiro atoms. The highest BCUT2D eigenvalue weighted by Gasteiger charge is 2.05. The van der Waals surface area contributed by atoms with Crippen molar-refractivity contribution in [1.82, 2.24) is 0 Å². The fourth-order valence-corrected chi connectivity index (χ4v) is 1.96. The third-order valence-electron chi connectivity index (χ3n) is 3.15. The second-order valence-electron chi connectivity index (χ2n) is 4.82. The van der Waals surface area contributed by atoms with Gasteiger partial charge in [-0.15, -0.1) is 0 Å². The van der Waals surface area contributed by atoms with Crippen LogP contribution in [0.3, 0.4) is 0 Å².